The topological polar surface area (TPSA) is 12.0 Å². The van der Waals surface area contributed by atoms with E-state index in [1.807, 2.05) is 11.8 Å². The zero-order chi connectivity index (χ0) is 16.6. The maximum atomic E-state index is 3.66. The Morgan fingerprint density at radius 3 is 2.12 bits per heavy atom. The van der Waals surface area contributed by atoms with Gasteiger partial charge in [0.1, 0.15) is 0 Å². The zero-order valence-corrected chi connectivity index (χ0v) is 15.8. The summed E-state index contributed by atoms with van der Waals surface area (Å²) >= 11 is 5.56. The van der Waals surface area contributed by atoms with Gasteiger partial charge >= 0.3 is 0 Å². The van der Waals surface area contributed by atoms with Crippen LogP contribution in [0, 0.1) is 0 Å². The fraction of sp³-hybridized carbons (Fsp3) is 0.143. The van der Waals surface area contributed by atoms with E-state index in [1.165, 1.54) is 16.0 Å². The molecular weight excluding hydrogens is 378 g/mol. The lowest BCUT2D eigenvalue weighted by Crippen LogP contribution is -2.19. The monoisotopic (exact) mass is 397 g/mol. The molecule has 0 fully saturated rings. The molecule has 1 unspecified atom stereocenters. The highest BCUT2D eigenvalue weighted by molar-refractivity contribution is 9.10. The Hall–Kier alpha value is -1.55. The van der Waals surface area contributed by atoms with Gasteiger partial charge in [-0.3, -0.25) is 0 Å². The van der Waals surface area contributed by atoms with Crippen LogP contribution in [-0.4, -0.2) is 6.54 Å². The first-order valence-corrected chi connectivity index (χ1v) is 9.71. The molecule has 3 rings (SSSR count). The van der Waals surface area contributed by atoms with Gasteiger partial charge in [-0.25, -0.2) is 0 Å². The number of halogens is 1. The summed E-state index contributed by atoms with van der Waals surface area (Å²) < 4.78 is 1.15. The van der Waals surface area contributed by atoms with Crippen LogP contribution in [0.15, 0.2) is 94.3 Å². The van der Waals surface area contributed by atoms with Crippen molar-refractivity contribution in [1.29, 1.82) is 0 Å². The third kappa shape index (κ3) is 4.97. The molecule has 0 saturated heterocycles. The minimum Gasteiger partial charge on any atom is -0.311 e. The molecule has 3 aromatic rings. The molecule has 0 radical (unpaired) electrons. The molecule has 0 bridgehead atoms. The molecule has 1 N–H and O–H groups in total. The fourth-order valence-corrected chi connectivity index (χ4v) is 4.24. The molecule has 0 aromatic heterocycles. The minimum absolute atomic E-state index is 0.369. The van der Waals surface area contributed by atoms with E-state index < -0.39 is 0 Å². The van der Waals surface area contributed by atoms with Gasteiger partial charge in [0.05, 0.1) is 0 Å². The highest BCUT2D eigenvalue weighted by atomic mass is 79.9. The van der Waals surface area contributed by atoms with Crippen molar-refractivity contribution in [2.45, 2.75) is 16.7 Å². The summed E-state index contributed by atoms with van der Waals surface area (Å²) in [7, 11) is 0. The Morgan fingerprint density at radius 1 is 0.792 bits per heavy atom. The molecular formula is C21H20BrNS. The van der Waals surface area contributed by atoms with Gasteiger partial charge in [-0.1, -0.05) is 72.8 Å². The van der Waals surface area contributed by atoms with E-state index in [9.17, 15) is 0 Å². The molecule has 0 amide bonds. The lowest BCUT2D eigenvalue weighted by Gasteiger charge is -2.19. The van der Waals surface area contributed by atoms with Gasteiger partial charge in [-0.15, -0.1) is 11.8 Å². The summed E-state index contributed by atoms with van der Waals surface area (Å²) in [6.07, 6.45) is 0. The van der Waals surface area contributed by atoms with E-state index in [0.717, 1.165) is 17.6 Å². The quantitative estimate of drug-likeness (QED) is 0.485. The van der Waals surface area contributed by atoms with Crippen molar-refractivity contribution in [3.63, 3.8) is 0 Å². The number of thioether (sulfide) groups is 1. The van der Waals surface area contributed by atoms with Crippen molar-refractivity contribution in [2.75, 3.05) is 6.54 Å². The average molecular weight is 398 g/mol. The molecule has 3 heteroatoms. The Balaban J connectivity index is 1.69. The minimum atomic E-state index is 0.369. The summed E-state index contributed by atoms with van der Waals surface area (Å²) in [6, 6.07) is 29.7. The molecule has 0 saturated carbocycles. The van der Waals surface area contributed by atoms with Gasteiger partial charge in [0, 0.05) is 27.7 Å². The molecule has 0 aliphatic rings. The van der Waals surface area contributed by atoms with E-state index in [2.05, 4.69) is 106 Å². The third-order valence-electron chi connectivity index (χ3n) is 3.78. The van der Waals surface area contributed by atoms with Gasteiger partial charge in [0.25, 0.3) is 0 Å². The van der Waals surface area contributed by atoms with Gasteiger partial charge in [-0.2, -0.15) is 0 Å². The smallest absolute Gasteiger partial charge is 0.0469 e. The lowest BCUT2D eigenvalue weighted by atomic mass is 10.1. The number of hydrogen-bond donors (Lipinski definition) is 1. The summed E-state index contributed by atoms with van der Waals surface area (Å²) in [5.41, 5.74) is 2.66. The normalized spacial score (nSPS) is 12.0. The second-order valence-corrected chi connectivity index (χ2v) is 7.66. The van der Waals surface area contributed by atoms with Crippen LogP contribution in [0.25, 0.3) is 0 Å². The standard InChI is InChI=1S/C21H20BrNS/c22-19-13-7-8-14-20(19)24-21(18-11-5-2-6-12-18)16-23-15-17-9-3-1-4-10-17/h1-14,21,23H,15-16H2. The molecule has 1 nitrogen and oxygen atoms in total. The highest BCUT2D eigenvalue weighted by Crippen LogP contribution is 2.38. The van der Waals surface area contributed by atoms with Gasteiger partial charge in [0.2, 0.25) is 0 Å². The Morgan fingerprint density at radius 2 is 1.42 bits per heavy atom. The molecule has 0 aliphatic heterocycles. The van der Waals surface area contributed by atoms with E-state index >= 15 is 0 Å². The lowest BCUT2D eigenvalue weighted by molar-refractivity contribution is 0.679. The molecule has 0 spiro atoms. The zero-order valence-electron chi connectivity index (χ0n) is 13.4. The maximum absolute atomic E-state index is 3.66. The van der Waals surface area contributed by atoms with E-state index in [0.29, 0.717) is 5.25 Å². The Kier molecular flexibility index (Phi) is 6.53. The first-order valence-electron chi connectivity index (χ1n) is 8.04. The largest absolute Gasteiger partial charge is 0.311 e. The van der Waals surface area contributed by atoms with Crippen LogP contribution in [0.1, 0.15) is 16.4 Å². The molecule has 1 atom stereocenters. The molecule has 0 heterocycles. The van der Waals surface area contributed by atoms with Crippen LogP contribution in [0.2, 0.25) is 0 Å². The Labute approximate surface area is 156 Å². The summed E-state index contributed by atoms with van der Waals surface area (Å²) in [5, 5.41) is 3.97. The second-order valence-electron chi connectivity index (χ2n) is 5.56. The number of hydrogen-bond acceptors (Lipinski definition) is 2. The van der Waals surface area contributed by atoms with E-state index in [4.69, 9.17) is 0 Å². The summed E-state index contributed by atoms with van der Waals surface area (Å²) in [4.78, 5) is 1.27. The van der Waals surface area contributed by atoms with Gasteiger partial charge in [-0.05, 0) is 39.2 Å². The van der Waals surface area contributed by atoms with E-state index in [1.54, 1.807) is 0 Å². The van der Waals surface area contributed by atoms with Crippen molar-refractivity contribution < 1.29 is 0 Å². The van der Waals surface area contributed by atoms with Crippen molar-refractivity contribution in [3.05, 3.63) is 101 Å². The first-order chi connectivity index (χ1) is 11.8. The molecule has 3 aromatic carbocycles. The van der Waals surface area contributed by atoms with Crippen LogP contribution < -0.4 is 5.32 Å². The van der Waals surface area contributed by atoms with Crippen molar-refractivity contribution in [2.24, 2.45) is 0 Å². The summed E-state index contributed by atoms with van der Waals surface area (Å²) in [5.74, 6) is 0. The Bertz CT molecular complexity index is 746. The number of rotatable bonds is 7. The predicted octanol–water partition coefficient (Wildman–Crippen LogP) is 6.07. The SMILES string of the molecule is Brc1ccccc1SC(CNCc1ccccc1)c1ccccc1. The van der Waals surface area contributed by atoms with Crippen LogP contribution in [0.3, 0.4) is 0 Å². The van der Waals surface area contributed by atoms with E-state index in [-0.39, 0.29) is 0 Å². The van der Waals surface area contributed by atoms with Crippen LogP contribution >= 0.6 is 27.7 Å². The van der Waals surface area contributed by atoms with Crippen molar-refractivity contribution in [3.8, 4) is 0 Å². The molecule has 0 aliphatic carbocycles. The van der Waals surface area contributed by atoms with Crippen LogP contribution in [0.5, 0.6) is 0 Å². The fourth-order valence-electron chi connectivity index (χ4n) is 2.53. The summed E-state index contributed by atoms with van der Waals surface area (Å²) in [6.45, 7) is 1.81. The van der Waals surface area contributed by atoms with Crippen LogP contribution in [-0.2, 0) is 6.54 Å². The second kappa shape index (κ2) is 9.07. The van der Waals surface area contributed by atoms with Crippen molar-refractivity contribution >= 4 is 27.7 Å². The highest BCUT2D eigenvalue weighted by Gasteiger charge is 2.14. The average Bonchev–Trinajstić information content (AvgIpc) is 2.64. The number of nitrogens with one attached hydrogen (secondary N) is 1. The maximum Gasteiger partial charge on any atom is 0.0469 e. The molecule has 122 valence electrons. The molecule has 24 heavy (non-hydrogen) atoms. The van der Waals surface area contributed by atoms with Gasteiger partial charge in [0.15, 0.2) is 0 Å². The van der Waals surface area contributed by atoms with Gasteiger partial charge < -0.3 is 5.32 Å². The van der Waals surface area contributed by atoms with Crippen molar-refractivity contribution in [1.82, 2.24) is 5.32 Å². The first kappa shape index (κ1) is 17.3. The third-order valence-corrected chi connectivity index (χ3v) is 6.07. The predicted molar refractivity (Wildman–Crippen MR) is 107 cm³/mol. The van der Waals surface area contributed by atoms with Crippen LogP contribution in [0.4, 0.5) is 0 Å². The number of benzene rings is 3.